The molecule has 0 aliphatic rings. The highest BCUT2D eigenvalue weighted by atomic mass is 19.1. The molecule has 0 bridgehead atoms. The first kappa shape index (κ1) is 18.7. The second kappa shape index (κ2) is 9.03. The van der Waals surface area contributed by atoms with Crippen LogP contribution in [0, 0.1) is 17.0 Å². The lowest BCUT2D eigenvalue weighted by Crippen LogP contribution is -2.41. The fourth-order valence-electron chi connectivity index (χ4n) is 1.91. The Balaban J connectivity index is 1.86. The highest BCUT2D eigenvalue weighted by molar-refractivity contribution is 6.10. The highest BCUT2D eigenvalue weighted by Crippen LogP contribution is 2.08. The number of carbonyl (C=O) groups is 2. The molecule has 132 valence electrons. The molecule has 3 N–H and O–H groups in total. The summed E-state index contributed by atoms with van der Waals surface area (Å²) in [5.41, 5.74) is 0.428. The van der Waals surface area contributed by atoms with Crippen molar-refractivity contribution < 1.29 is 18.4 Å². The third kappa shape index (κ3) is 5.79. The summed E-state index contributed by atoms with van der Waals surface area (Å²) in [5.74, 6) is -2.96. The van der Waals surface area contributed by atoms with Gasteiger partial charge in [-0.05, 0) is 24.3 Å². The SMILES string of the molecule is N=C(NC(=O)/C=C/c1ccccc1F)NC(=O)/C=C/c1ccccc1F. The van der Waals surface area contributed by atoms with Crippen LogP contribution in [0.15, 0.2) is 60.7 Å². The fraction of sp³-hybridized carbons (Fsp3) is 0. The topological polar surface area (TPSA) is 82.1 Å². The Morgan fingerprint density at radius 2 is 1.15 bits per heavy atom. The molecule has 5 nitrogen and oxygen atoms in total. The van der Waals surface area contributed by atoms with E-state index in [0.717, 1.165) is 12.2 Å². The van der Waals surface area contributed by atoms with E-state index in [-0.39, 0.29) is 11.1 Å². The van der Waals surface area contributed by atoms with Gasteiger partial charge >= 0.3 is 0 Å². The van der Waals surface area contributed by atoms with E-state index >= 15 is 0 Å². The molecule has 0 atom stereocenters. The van der Waals surface area contributed by atoms with Gasteiger partial charge in [0.25, 0.3) is 11.8 Å². The minimum absolute atomic E-state index is 0.214. The highest BCUT2D eigenvalue weighted by Gasteiger charge is 2.05. The first-order valence-corrected chi connectivity index (χ1v) is 7.51. The normalized spacial score (nSPS) is 10.8. The summed E-state index contributed by atoms with van der Waals surface area (Å²) >= 11 is 0. The van der Waals surface area contributed by atoms with Gasteiger partial charge in [0.05, 0.1) is 0 Å². The van der Waals surface area contributed by atoms with E-state index in [9.17, 15) is 18.4 Å². The first-order valence-electron chi connectivity index (χ1n) is 7.51. The number of hydrogen-bond acceptors (Lipinski definition) is 3. The average molecular weight is 355 g/mol. The quantitative estimate of drug-likeness (QED) is 0.448. The van der Waals surface area contributed by atoms with Crippen molar-refractivity contribution in [2.24, 2.45) is 0 Å². The zero-order chi connectivity index (χ0) is 18.9. The standard InChI is InChI=1S/C19H15F2N3O2/c20-15-7-3-1-5-13(15)9-11-17(25)23-19(22)24-18(26)12-10-14-6-2-4-8-16(14)21/h1-12H,(H3,22,23,24,25,26)/b11-9+,12-10+. The van der Waals surface area contributed by atoms with Crippen molar-refractivity contribution in [3.05, 3.63) is 83.4 Å². The van der Waals surface area contributed by atoms with Crippen molar-refractivity contribution in [2.45, 2.75) is 0 Å². The Hall–Kier alpha value is -3.61. The molecule has 0 unspecified atom stereocenters. The van der Waals surface area contributed by atoms with Crippen LogP contribution >= 0.6 is 0 Å². The molecule has 0 saturated carbocycles. The van der Waals surface area contributed by atoms with Crippen molar-refractivity contribution in [1.82, 2.24) is 10.6 Å². The summed E-state index contributed by atoms with van der Waals surface area (Å²) in [6.45, 7) is 0. The maximum Gasteiger partial charge on any atom is 0.250 e. The maximum absolute atomic E-state index is 13.4. The number of halogens is 2. The molecule has 7 heteroatoms. The van der Waals surface area contributed by atoms with Gasteiger partial charge in [-0.3, -0.25) is 25.6 Å². The predicted octanol–water partition coefficient (Wildman–Crippen LogP) is 2.86. The number of guanidine groups is 1. The van der Waals surface area contributed by atoms with E-state index < -0.39 is 29.4 Å². The van der Waals surface area contributed by atoms with E-state index in [1.165, 1.54) is 48.6 Å². The van der Waals surface area contributed by atoms with E-state index in [1.54, 1.807) is 12.1 Å². The van der Waals surface area contributed by atoms with Crippen LogP contribution < -0.4 is 10.6 Å². The molecule has 2 amide bonds. The van der Waals surface area contributed by atoms with Crippen LogP contribution in [0.4, 0.5) is 8.78 Å². The Kier molecular flexibility index (Phi) is 6.50. The predicted molar refractivity (Wildman–Crippen MR) is 94.9 cm³/mol. The molecule has 2 aromatic carbocycles. The van der Waals surface area contributed by atoms with Crippen LogP contribution in [0.3, 0.4) is 0 Å². The number of rotatable bonds is 4. The lowest BCUT2D eigenvalue weighted by molar-refractivity contribution is -0.115. The van der Waals surface area contributed by atoms with Gasteiger partial charge in [0.15, 0.2) is 0 Å². The van der Waals surface area contributed by atoms with Crippen LogP contribution in [-0.2, 0) is 9.59 Å². The van der Waals surface area contributed by atoms with Gasteiger partial charge in [-0.25, -0.2) is 8.78 Å². The Morgan fingerprint density at radius 1 is 0.769 bits per heavy atom. The van der Waals surface area contributed by atoms with Gasteiger partial charge in [0.1, 0.15) is 11.6 Å². The minimum atomic E-state index is -0.711. The molecule has 0 aromatic heterocycles. The zero-order valence-corrected chi connectivity index (χ0v) is 13.5. The largest absolute Gasteiger partial charge is 0.293 e. The number of benzene rings is 2. The molecule has 0 aliphatic heterocycles. The molecule has 2 aromatic rings. The second-order valence-electron chi connectivity index (χ2n) is 5.06. The minimum Gasteiger partial charge on any atom is -0.293 e. The van der Waals surface area contributed by atoms with Crippen molar-refractivity contribution in [3.8, 4) is 0 Å². The summed E-state index contributed by atoms with van der Waals surface area (Å²) in [4.78, 5) is 23.3. The van der Waals surface area contributed by atoms with Crippen LogP contribution in [0.5, 0.6) is 0 Å². The van der Waals surface area contributed by atoms with Gasteiger partial charge in [0, 0.05) is 23.3 Å². The lowest BCUT2D eigenvalue weighted by atomic mass is 10.2. The summed E-state index contributed by atoms with van der Waals surface area (Å²) < 4.78 is 26.8. The number of carbonyl (C=O) groups excluding carboxylic acids is 2. The zero-order valence-electron chi connectivity index (χ0n) is 13.5. The molecule has 2 rings (SSSR count). The van der Waals surface area contributed by atoms with E-state index in [4.69, 9.17) is 5.41 Å². The monoisotopic (exact) mass is 355 g/mol. The van der Waals surface area contributed by atoms with E-state index in [1.807, 2.05) is 0 Å². The van der Waals surface area contributed by atoms with Gasteiger partial charge in [-0.1, -0.05) is 36.4 Å². The van der Waals surface area contributed by atoms with Gasteiger partial charge < -0.3 is 0 Å². The van der Waals surface area contributed by atoms with Crippen molar-refractivity contribution >= 4 is 29.9 Å². The van der Waals surface area contributed by atoms with Gasteiger partial charge in [-0.15, -0.1) is 0 Å². The summed E-state index contributed by atoms with van der Waals surface area (Å²) in [6.07, 6.45) is 4.57. The molecule has 0 radical (unpaired) electrons. The lowest BCUT2D eigenvalue weighted by Gasteiger charge is -2.04. The summed E-state index contributed by atoms with van der Waals surface area (Å²) in [6, 6.07) is 11.7. The van der Waals surface area contributed by atoms with Gasteiger partial charge in [0.2, 0.25) is 5.96 Å². The average Bonchev–Trinajstić information content (AvgIpc) is 2.60. The first-order chi connectivity index (χ1) is 12.5. The molecule has 0 fully saturated rings. The van der Waals surface area contributed by atoms with Gasteiger partial charge in [-0.2, -0.15) is 0 Å². The number of nitrogens with one attached hydrogen (secondary N) is 3. The molecule has 0 saturated heterocycles. The van der Waals surface area contributed by atoms with E-state index in [2.05, 4.69) is 10.6 Å². The van der Waals surface area contributed by atoms with Crippen LogP contribution in [0.25, 0.3) is 12.2 Å². The Bertz CT molecular complexity index is 820. The van der Waals surface area contributed by atoms with Crippen molar-refractivity contribution in [1.29, 1.82) is 5.41 Å². The molecule has 0 spiro atoms. The smallest absolute Gasteiger partial charge is 0.250 e. The van der Waals surface area contributed by atoms with Crippen molar-refractivity contribution in [2.75, 3.05) is 0 Å². The molecule has 0 aliphatic carbocycles. The van der Waals surface area contributed by atoms with Crippen LogP contribution in [0.1, 0.15) is 11.1 Å². The molecule has 0 heterocycles. The maximum atomic E-state index is 13.4. The molecular weight excluding hydrogens is 340 g/mol. The number of hydrogen-bond donors (Lipinski definition) is 3. The summed E-state index contributed by atoms with van der Waals surface area (Å²) in [5, 5.41) is 11.7. The van der Waals surface area contributed by atoms with Crippen molar-refractivity contribution in [3.63, 3.8) is 0 Å². The Morgan fingerprint density at radius 3 is 1.54 bits per heavy atom. The summed E-state index contributed by atoms with van der Waals surface area (Å²) in [7, 11) is 0. The fourth-order valence-corrected chi connectivity index (χ4v) is 1.91. The third-order valence-electron chi connectivity index (χ3n) is 3.14. The Labute approximate surface area is 148 Å². The molecule has 26 heavy (non-hydrogen) atoms. The number of amides is 2. The van der Waals surface area contributed by atoms with Crippen LogP contribution in [0.2, 0.25) is 0 Å². The molecular formula is C19H15F2N3O2. The second-order valence-corrected chi connectivity index (χ2v) is 5.06. The van der Waals surface area contributed by atoms with E-state index in [0.29, 0.717) is 0 Å². The van der Waals surface area contributed by atoms with Crippen LogP contribution in [-0.4, -0.2) is 17.8 Å². The third-order valence-corrected chi connectivity index (χ3v) is 3.14.